The summed E-state index contributed by atoms with van der Waals surface area (Å²) in [4.78, 5) is 2.31. The Morgan fingerprint density at radius 2 is 2.30 bits per heavy atom. The largest absolute Gasteiger partial charge is 0.487 e. The van der Waals surface area contributed by atoms with Crippen molar-refractivity contribution in [1.82, 2.24) is 10.2 Å². The van der Waals surface area contributed by atoms with Gasteiger partial charge < -0.3 is 15.2 Å². The highest BCUT2D eigenvalue weighted by molar-refractivity contribution is 5.41. The van der Waals surface area contributed by atoms with Gasteiger partial charge in [-0.3, -0.25) is 4.90 Å². The van der Waals surface area contributed by atoms with Gasteiger partial charge in [0.25, 0.3) is 0 Å². The van der Waals surface area contributed by atoms with Crippen LogP contribution in [-0.4, -0.2) is 47.9 Å². The highest BCUT2D eigenvalue weighted by Gasteiger charge is 2.30. The van der Waals surface area contributed by atoms with E-state index >= 15 is 0 Å². The van der Waals surface area contributed by atoms with Gasteiger partial charge in [-0.2, -0.15) is 0 Å². The molecule has 2 N–H and O–H groups in total. The van der Waals surface area contributed by atoms with Crippen LogP contribution in [0.15, 0.2) is 18.2 Å². The first-order chi connectivity index (χ1) is 9.52. The van der Waals surface area contributed by atoms with Crippen LogP contribution in [-0.2, 0) is 13.0 Å². The molecule has 1 fully saturated rings. The van der Waals surface area contributed by atoms with Crippen LogP contribution in [0.4, 0.5) is 0 Å². The maximum absolute atomic E-state index is 9.84. The van der Waals surface area contributed by atoms with Crippen molar-refractivity contribution in [3.05, 3.63) is 29.3 Å². The third-order valence-electron chi connectivity index (χ3n) is 3.99. The molecule has 0 aromatic heterocycles. The van der Waals surface area contributed by atoms with E-state index in [1.54, 1.807) is 0 Å². The minimum Gasteiger partial charge on any atom is -0.487 e. The lowest BCUT2D eigenvalue weighted by molar-refractivity contribution is 0.127. The first kappa shape index (κ1) is 13.9. The Morgan fingerprint density at radius 3 is 3.15 bits per heavy atom. The Morgan fingerprint density at radius 1 is 1.45 bits per heavy atom. The van der Waals surface area contributed by atoms with Crippen molar-refractivity contribution in [2.24, 2.45) is 0 Å². The molecule has 4 nitrogen and oxygen atoms in total. The number of benzene rings is 1. The molecule has 0 spiro atoms. The van der Waals surface area contributed by atoms with E-state index in [0.29, 0.717) is 6.54 Å². The van der Waals surface area contributed by atoms with E-state index in [1.165, 1.54) is 11.1 Å². The Labute approximate surface area is 120 Å². The van der Waals surface area contributed by atoms with Gasteiger partial charge in [-0.15, -0.1) is 0 Å². The fourth-order valence-corrected chi connectivity index (χ4v) is 3.12. The van der Waals surface area contributed by atoms with Crippen LogP contribution in [0, 0.1) is 0 Å². The van der Waals surface area contributed by atoms with Gasteiger partial charge in [0.2, 0.25) is 0 Å². The summed E-state index contributed by atoms with van der Waals surface area (Å²) >= 11 is 0. The van der Waals surface area contributed by atoms with Crippen LogP contribution in [0.25, 0.3) is 0 Å². The van der Waals surface area contributed by atoms with E-state index < -0.39 is 0 Å². The Kier molecular flexibility index (Phi) is 3.71. The van der Waals surface area contributed by atoms with Crippen LogP contribution in [0.5, 0.6) is 5.75 Å². The van der Waals surface area contributed by atoms with Gasteiger partial charge in [0, 0.05) is 39.1 Å². The summed E-state index contributed by atoms with van der Waals surface area (Å²) in [7, 11) is 0. The predicted molar refractivity (Wildman–Crippen MR) is 79.0 cm³/mol. The third-order valence-corrected chi connectivity index (χ3v) is 3.99. The summed E-state index contributed by atoms with van der Waals surface area (Å²) in [6.45, 7) is 8.52. The minimum absolute atomic E-state index is 0.0797. The summed E-state index contributed by atoms with van der Waals surface area (Å²) in [5, 5.41) is 13.1. The number of fused-ring (bicyclic) bond motifs is 1. The molecule has 1 saturated heterocycles. The summed E-state index contributed by atoms with van der Waals surface area (Å²) in [5.41, 5.74) is 2.53. The van der Waals surface area contributed by atoms with Gasteiger partial charge in [0.1, 0.15) is 11.4 Å². The second-order valence-corrected chi connectivity index (χ2v) is 6.57. The van der Waals surface area contributed by atoms with Crippen molar-refractivity contribution in [3.8, 4) is 5.75 Å². The molecule has 20 heavy (non-hydrogen) atoms. The minimum atomic E-state index is -0.269. The van der Waals surface area contributed by atoms with Crippen LogP contribution in [0.2, 0.25) is 0 Å². The van der Waals surface area contributed by atoms with Gasteiger partial charge in [-0.05, 0) is 31.0 Å². The van der Waals surface area contributed by atoms with Crippen LogP contribution in [0.1, 0.15) is 25.0 Å². The highest BCUT2D eigenvalue weighted by atomic mass is 16.5. The van der Waals surface area contributed by atoms with Gasteiger partial charge in [-0.1, -0.05) is 12.1 Å². The normalized spacial score (nSPS) is 25.9. The average molecular weight is 276 g/mol. The van der Waals surface area contributed by atoms with E-state index in [2.05, 4.69) is 42.3 Å². The highest BCUT2D eigenvalue weighted by Crippen LogP contribution is 2.35. The lowest BCUT2D eigenvalue weighted by Gasteiger charge is -2.21. The Balaban J connectivity index is 1.70. The molecule has 110 valence electrons. The molecular weight excluding hydrogens is 252 g/mol. The predicted octanol–water partition coefficient (Wildman–Crippen LogP) is 1.17. The number of hydrogen-bond acceptors (Lipinski definition) is 4. The van der Waals surface area contributed by atoms with E-state index in [9.17, 15) is 5.11 Å². The van der Waals surface area contributed by atoms with E-state index in [1.807, 2.05) is 0 Å². The fraction of sp³-hybridized carbons (Fsp3) is 0.625. The van der Waals surface area contributed by atoms with Crippen molar-refractivity contribution in [3.63, 3.8) is 0 Å². The van der Waals surface area contributed by atoms with Crippen molar-refractivity contribution < 1.29 is 9.84 Å². The fourth-order valence-electron chi connectivity index (χ4n) is 3.12. The van der Waals surface area contributed by atoms with Crippen LogP contribution >= 0.6 is 0 Å². The maximum atomic E-state index is 9.84. The molecule has 0 amide bonds. The molecule has 1 aromatic rings. The molecule has 2 aliphatic heterocycles. The number of nitrogens with zero attached hydrogens (tertiary/aromatic N) is 1. The zero-order valence-electron chi connectivity index (χ0n) is 12.4. The molecule has 2 aliphatic rings. The first-order valence-electron chi connectivity index (χ1n) is 7.44. The number of nitrogens with one attached hydrogen (secondary N) is 1. The standard InChI is InChI=1S/C16H24N2O2/c1-16(2)8-13-7-12(3-4-15(13)20-16)10-18-6-5-17-9-14(19)11-18/h3-4,7,14,17,19H,5-6,8-11H2,1-2H3/t14-/m0/s1. The van der Waals surface area contributed by atoms with E-state index in [-0.39, 0.29) is 11.7 Å². The lowest BCUT2D eigenvalue weighted by atomic mass is 10.00. The third kappa shape index (κ3) is 3.14. The van der Waals surface area contributed by atoms with Gasteiger partial charge in [0.05, 0.1) is 6.10 Å². The molecule has 0 unspecified atom stereocenters. The number of β-amino-alcohol motifs (C(OH)–C–C–N with tert-alkyl or cyclic N) is 1. The van der Waals surface area contributed by atoms with Crippen molar-refractivity contribution in [2.45, 2.75) is 38.5 Å². The lowest BCUT2D eigenvalue weighted by Crippen LogP contribution is -2.32. The number of aliphatic hydroxyl groups is 1. The molecule has 0 bridgehead atoms. The van der Waals surface area contributed by atoms with E-state index in [0.717, 1.165) is 38.3 Å². The van der Waals surface area contributed by atoms with Gasteiger partial charge >= 0.3 is 0 Å². The molecule has 0 aliphatic carbocycles. The molecule has 2 heterocycles. The summed E-state index contributed by atoms with van der Waals surface area (Å²) in [5.74, 6) is 1.02. The van der Waals surface area contributed by atoms with Crippen molar-refractivity contribution >= 4 is 0 Å². The number of hydrogen-bond donors (Lipinski definition) is 2. The molecule has 0 radical (unpaired) electrons. The van der Waals surface area contributed by atoms with E-state index in [4.69, 9.17) is 4.74 Å². The van der Waals surface area contributed by atoms with Gasteiger partial charge in [0.15, 0.2) is 0 Å². The quantitative estimate of drug-likeness (QED) is 0.851. The molecule has 1 atom stereocenters. The molecule has 4 heteroatoms. The first-order valence-corrected chi connectivity index (χ1v) is 7.44. The number of rotatable bonds is 2. The van der Waals surface area contributed by atoms with Crippen molar-refractivity contribution in [1.29, 1.82) is 0 Å². The Hall–Kier alpha value is -1.10. The second-order valence-electron chi connectivity index (χ2n) is 6.57. The van der Waals surface area contributed by atoms with Crippen LogP contribution in [0.3, 0.4) is 0 Å². The summed E-state index contributed by atoms with van der Waals surface area (Å²) in [6, 6.07) is 6.49. The average Bonchev–Trinajstić information content (AvgIpc) is 2.52. The van der Waals surface area contributed by atoms with Crippen molar-refractivity contribution in [2.75, 3.05) is 26.2 Å². The van der Waals surface area contributed by atoms with Crippen LogP contribution < -0.4 is 10.1 Å². The summed E-state index contributed by atoms with van der Waals surface area (Å²) < 4.78 is 5.91. The monoisotopic (exact) mass is 276 g/mol. The molecular formula is C16H24N2O2. The smallest absolute Gasteiger partial charge is 0.123 e. The maximum Gasteiger partial charge on any atom is 0.123 e. The SMILES string of the molecule is CC1(C)Cc2cc(CN3CCNC[C@H](O)C3)ccc2O1. The molecule has 0 saturated carbocycles. The zero-order chi connectivity index (χ0) is 14.2. The molecule has 3 rings (SSSR count). The number of ether oxygens (including phenoxy) is 1. The summed E-state index contributed by atoms with van der Waals surface area (Å²) in [6.07, 6.45) is 0.703. The Bertz CT molecular complexity index is 487. The molecule has 1 aromatic carbocycles. The second kappa shape index (κ2) is 5.35. The number of aliphatic hydroxyl groups excluding tert-OH is 1. The van der Waals surface area contributed by atoms with Gasteiger partial charge in [-0.25, -0.2) is 0 Å². The zero-order valence-corrected chi connectivity index (χ0v) is 12.4. The topological polar surface area (TPSA) is 44.7 Å².